The minimum Gasteiger partial charge on any atom is -0.504 e. The van der Waals surface area contributed by atoms with E-state index in [0.29, 0.717) is 18.7 Å². The highest BCUT2D eigenvalue weighted by Crippen LogP contribution is 2.36. The van der Waals surface area contributed by atoms with Gasteiger partial charge in [-0.05, 0) is 24.1 Å². The molecule has 0 saturated heterocycles. The van der Waals surface area contributed by atoms with E-state index in [1.54, 1.807) is 12.1 Å². The lowest BCUT2D eigenvalue weighted by Crippen LogP contribution is -2.22. The van der Waals surface area contributed by atoms with Crippen molar-refractivity contribution in [3.63, 3.8) is 0 Å². The predicted molar refractivity (Wildman–Crippen MR) is 68.9 cm³/mol. The minimum atomic E-state index is -0.0512. The topological polar surface area (TPSA) is 74.3 Å². The molecule has 3 N–H and O–H groups in total. The number of carbonyl (C=O) groups is 1. The van der Waals surface area contributed by atoms with Gasteiger partial charge in [0.2, 0.25) is 5.91 Å². The number of phenolic OH excluding ortho intramolecular Hbond substituents is 1. The molecule has 2 aromatic rings. The molecule has 2 rings (SSSR count). The minimum absolute atomic E-state index is 0.0512. The number of aromatic nitrogens is 1. The van der Waals surface area contributed by atoms with Crippen molar-refractivity contribution in [3.05, 3.63) is 23.9 Å². The Balaban J connectivity index is 2.33. The molecule has 0 unspecified atom stereocenters. The summed E-state index contributed by atoms with van der Waals surface area (Å²) in [6, 6.07) is 3.39. The molecule has 5 nitrogen and oxygen atoms in total. The van der Waals surface area contributed by atoms with E-state index in [4.69, 9.17) is 4.74 Å². The van der Waals surface area contributed by atoms with Crippen molar-refractivity contribution in [2.45, 2.75) is 13.3 Å². The number of nitrogens with one attached hydrogen (secondary N) is 2. The Morgan fingerprint density at radius 1 is 1.50 bits per heavy atom. The number of ether oxygens (including phenoxy) is 1. The first-order valence-corrected chi connectivity index (χ1v) is 5.74. The summed E-state index contributed by atoms with van der Waals surface area (Å²) in [6.45, 7) is 2.04. The van der Waals surface area contributed by atoms with Crippen LogP contribution in [0.15, 0.2) is 18.3 Å². The third-order valence-corrected chi connectivity index (χ3v) is 2.83. The Kier molecular flexibility index (Phi) is 3.41. The largest absolute Gasteiger partial charge is 0.504 e. The highest BCUT2D eigenvalue weighted by atomic mass is 16.5. The summed E-state index contributed by atoms with van der Waals surface area (Å²) in [5, 5.41) is 13.4. The third-order valence-electron chi connectivity index (χ3n) is 2.83. The summed E-state index contributed by atoms with van der Waals surface area (Å²) in [6.07, 6.45) is 2.55. The van der Waals surface area contributed by atoms with E-state index in [1.807, 2.05) is 6.20 Å². The summed E-state index contributed by atoms with van der Waals surface area (Å²) < 4.78 is 5.23. The summed E-state index contributed by atoms with van der Waals surface area (Å²) >= 11 is 0. The number of phenols is 1. The van der Waals surface area contributed by atoms with Gasteiger partial charge in [0.05, 0.1) is 7.11 Å². The highest BCUT2D eigenvalue weighted by Gasteiger charge is 2.12. The summed E-state index contributed by atoms with van der Waals surface area (Å²) in [5.74, 6) is 0.529. The molecule has 5 heteroatoms. The van der Waals surface area contributed by atoms with Crippen LogP contribution in [0.4, 0.5) is 0 Å². The second kappa shape index (κ2) is 5.00. The van der Waals surface area contributed by atoms with Crippen molar-refractivity contribution >= 4 is 16.8 Å². The maximum atomic E-state index is 10.8. The average molecular weight is 248 g/mol. The van der Waals surface area contributed by atoms with E-state index in [-0.39, 0.29) is 11.7 Å². The van der Waals surface area contributed by atoms with Crippen LogP contribution in [0.3, 0.4) is 0 Å². The van der Waals surface area contributed by atoms with E-state index in [9.17, 15) is 9.90 Å². The number of hydrogen-bond donors (Lipinski definition) is 3. The van der Waals surface area contributed by atoms with Crippen LogP contribution in [0.5, 0.6) is 11.5 Å². The number of aromatic hydroxyl groups is 1. The van der Waals surface area contributed by atoms with E-state index in [2.05, 4.69) is 10.3 Å². The lowest BCUT2D eigenvalue weighted by Gasteiger charge is -2.07. The van der Waals surface area contributed by atoms with Crippen molar-refractivity contribution in [2.75, 3.05) is 13.7 Å². The van der Waals surface area contributed by atoms with Crippen LogP contribution in [-0.2, 0) is 11.2 Å². The Hall–Kier alpha value is -2.17. The molecule has 0 spiro atoms. The second-order valence-electron chi connectivity index (χ2n) is 4.09. The van der Waals surface area contributed by atoms with Crippen molar-refractivity contribution in [3.8, 4) is 11.5 Å². The van der Waals surface area contributed by atoms with Gasteiger partial charge >= 0.3 is 0 Å². The number of amides is 1. The summed E-state index contributed by atoms with van der Waals surface area (Å²) in [4.78, 5) is 14.0. The monoisotopic (exact) mass is 248 g/mol. The zero-order chi connectivity index (χ0) is 13.1. The normalized spacial score (nSPS) is 10.6. The van der Waals surface area contributed by atoms with Gasteiger partial charge in [-0.2, -0.15) is 0 Å². The lowest BCUT2D eigenvalue weighted by molar-refractivity contribution is -0.118. The molecule has 0 fully saturated rings. The molecule has 0 radical (unpaired) electrons. The third kappa shape index (κ3) is 2.25. The molecule has 18 heavy (non-hydrogen) atoms. The molecule has 96 valence electrons. The van der Waals surface area contributed by atoms with Crippen LogP contribution in [0.2, 0.25) is 0 Å². The standard InChI is InChI=1S/C13H16N2O3/c1-8(16)14-6-5-9-7-15-10-3-4-11(17)13(18-2)12(9)10/h3-4,7,15,17H,5-6H2,1-2H3,(H,14,16). The fourth-order valence-corrected chi connectivity index (χ4v) is 2.02. The molecule has 1 heterocycles. The number of H-pyrrole nitrogens is 1. The zero-order valence-corrected chi connectivity index (χ0v) is 10.4. The number of carbonyl (C=O) groups excluding carboxylic acids is 1. The lowest BCUT2D eigenvalue weighted by atomic mass is 10.1. The smallest absolute Gasteiger partial charge is 0.216 e. The fourth-order valence-electron chi connectivity index (χ4n) is 2.02. The quantitative estimate of drug-likeness (QED) is 0.768. The van der Waals surface area contributed by atoms with Crippen molar-refractivity contribution in [1.82, 2.24) is 10.3 Å². The van der Waals surface area contributed by atoms with Crippen LogP contribution < -0.4 is 10.1 Å². The molecule has 0 bridgehead atoms. The van der Waals surface area contributed by atoms with E-state index >= 15 is 0 Å². The van der Waals surface area contributed by atoms with Crippen molar-refractivity contribution in [2.24, 2.45) is 0 Å². The first-order chi connectivity index (χ1) is 8.63. The maximum absolute atomic E-state index is 10.8. The van der Waals surface area contributed by atoms with Crippen LogP contribution in [0.25, 0.3) is 10.9 Å². The highest BCUT2D eigenvalue weighted by molar-refractivity contribution is 5.91. The molecule has 0 aliphatic carbocycles. The SMILES string of the molecule is COc1c(O)ccc2[nH]cc(CCNC(C)=O)c12. The summed E-state index contributed by atoms with van der Waals surface area (Å²) in [7, 11) is 1.53. The van der Waals surface area contributed by atoms with Crippen LogP contribution >= 0.6 is 0 Å². The Bertz CT molecular complexity index is 575. The van der Waals surface area contributed by atoms with Gasteiger partial charge in [0.15, 0.2) is 11.5 Å². The first-order valence-electron chi connectivity index (χ1n) is 5.74. The Labute approximate surface area is 105 Å². The summed E-state index contributed by atoms with van der Waals surface area (Å²) in [5.41, 5.74) is 1.91. The van der Waals surface area contributed by atoms with Gasteiger partial charge < -0.3 is 20.1 Å². The van der Waals surface area contributed by atoms with Gasteiger partial charge in [-0.25, -0.2) is 0 Å². The Morgan fingerprint density at radius 2 is 2.28 bits per heavy atom. The molecule has 1 aromatic carbocycles. The van der Waals surface area contributed by atoms with Gasteiger partial charge in [-0.15, -0.1) is 0 Å². The average Bonchev–Trinajstić information content (AvgIpc) is 2.72. The Morgan fingerprint density at radius 3 is 2.94 bits per heavy atom. The molecule has 0 aliphatic heterocycles. The van der Waals surface area contributed by atoms with E-state index < -0.39 is 0 Å². The molecule has 1 aromatic heterocycles. The van der Waals surface area contributed by atoms with Crippen LogP contribution in [0.1, 0.15) is 12.5 Å². The number of methoxy groups -OCH3 is 1. The van der Waals surface area contributed by atoms with Gasteiger partial charge in [-0.1, -0.05) is 0 Å². The van der Waals surface area contributed by atoms with Crippen LogP contribution in [0, 0.1) is 0 Å². The number of hydrogen-bond acceptors (Lipinski definition) is 3. The molecule has 0 saturated carbocycles. The van der Waals surface area contributed by atoms with Gasteiger partial charge in [0.1, 0.15) is 0 Å². The number of rotatable bonds is 4. The number of aromatic amines is 1. The van der Waals surface area contributed by atoms with Gasteiger partial charge in [0, 0.05) is 30.6 Å². The van der Waals surface area contributed by atoms with Gasteiger partial charge in [-0.3, -0.25) is 4.79 Å². The second-order valence-corrected chi connectivity index (χ2v) is 4.09. The first kappa shape index (κ1) is 12.3. The molecule has 1 amide bonds. The van der Waals surface area contributed by atoms with E-state index in [0.717, 1.165) is 16.5 Å². The maximum Gasteiger partial charge on any atom is 0.216 e. The van der Waals surface area contributed by atoms with Gasteiger partial charge in [0.25, 0.3) is 0 Å². The van der Waals surface area contributed by atoms with Crippen molar-refractivity contribution < 1.29 is 14.6 Å². The molecule has 0 aliphatic rings. The zero-order valence-electron chi connectivity index (χ0n) is 10.4. The number of fused-ring (bicyclic) bond motifs is 1. The fraction of sp³-hybridized carbons (Fsp3) is 0.308. The molecule has 0 atom stereocenters. The predicted octanol–water partition coefficient (Wildman–Crippen LogP) is 1.56. The molecular weight excluding hydrogens is 232 g/mol. The molecular formula is C13H16N2O3. The van der Waals surface area contributed by atoms with E-state index in [1.165, 1.54) is 14.0 Å². The van der Waals surface area contributed by atoms with Crippen LogP contribution in [-0.4, -0.2) is 29.7 Å². The number of benzene rings is 1. The van der Waals surface area contributed by atoms with Crippen molar-refractivity contribution in [1.29, 1.82) is 0 Å².